The molecular formula is C14H24N2OS. The second-order valence-electron chi connectivity index (χ2n) is 5.43. The van der Waals surface area contributed by atoms with E-state index >= 15 is 0 Å². The summed E-state index contributed by atoms with van der Waals surface area (Å²) in [6, 6.07) is 2.50. The molecule has 2 N–H and O–H groups in total. The topological polar surface area (TPSA) is 41.1 Å². The average molecular weight is 268 g/mol. The molecule has 0 fully saturated rings. The molecule has 0 radical (unpaired) electrons. The van der Waals surface area contributed by atoms with Crippen molar-refractivity contribution in [2.45, 2.75) is 40.7 Å². The SMILES string of the molecule is CNC(=O)C(C)(C)CNC(C)c1cc(C)sc1C. The van der Waals surface area contributed by atoms with E-state index in [1.54, 1.807) is 7.05 Å². The van der Waals surface area contributed by atoms with E-state index < -0.39 is 0 Å². The van der Waals surface area contributed by atoms with Gasteiger partial charge in [-0.3, -0.25) is 4.79 Å². The van der Waals surface area contributed by atoms with Gasteiger partial charge in [-0.15, -0.1) is 11.3 Å². The number of amides is 1. The fraction of sp³-hybridized carbons (Fsp3) is 0.643. The predicted molar refractivity (Wildman–Crippen MR) is 78.1 cm³/mol. The van der Waals surface area contributed by atoms with Crippen LogP contribution >= 0.6 is 11.3 Å². The zero-order valence-corrected chi connectivity index (χ0v) is 13.0. The summed E-state index contributed by atoms with van der Waals surface area (Å²) < 4.78 is 0. The van der Waals surface area contributed by atoms with E-state index in [0.29, 0.717) is 6.54 Å². The number of hydrogen-bond acceptors (Lipinski definition) is 3. The zero-order valence-electron chi connectivity index (χ0n) is 12.2. The fourth-order valence-electron chi connectivity index (χ4n) is 2.02. The Morgan fingerprint density at radius 3 is 2.50 bits per heavy atom. The molecule has 1 rings (SSSR count). The van der Waals surface area contributed by atoms with E-state index in [-0.39, 0.29) is 17.4 Å². The molecule has 1 amide bonds. The third-order valence-corrected chi connectivity index (χ3v) is 4.22. The molecule has 1 heterocycles. The Morgan fingerprint density at radius 1 is 1.44 bits per heavy atom. The van der Waals surface area contributed by atoms with Gasteiger partial charge < -0.3 is 10.6 Å². The van der Waals surface area contributed by atoms with Crippen LogP contribution in [-0.4, -0.2) is 19.5 Å². The summed E-state index contributed by atoms with van der Waals surface area (Å²) in [5, 5.41) is 6.16. The average Bonchev–Trinajstić information content (AvgIpc) is 2.64. The smallest absolute Gasteiger partial charge is 0.226 e. The molecule has 1 aromatic heterocycles. The molecule has 0 aromatic carbocycles. The van der Waals surface area contributed by atoms with Gasteiger partial charge in [0.25, 0.3) is 0 Å². The lowest BCUT2D eigenvalue weighted by molar-refractivity contribution is -0.128. The molecule has 0 aliphatic heterocycles. The highest BCUT2D eigenvalue weighted by Crippen LogP contribution is 2.26. The summed E-state index contributed by atoms with van der Waals surface area (Å²) in [5.41, 5.74) is 0.951. The van der Waals surface area contributed by atoms with Crippen LogP contribution in [0, 0.1) is 19.3 Å². The van der Waals surface area contributed by atoms with E-state index in [0.717, 1.165) is 0 Å². The third kappa shape index (κ3) is 3.56. The monoisotopic (exact) mass is 268 g/mol. The molecule has 0 spiro atoms. The standard InChI is InChI=1S/C14H24N2OS/c1-9-7-12(11(3)18-9)10(2)16-8-14(4,5)13(17)15-6/h7,10,16H,8H2,1-6H3,(H,15,17). The van der Waals surface area contributed by atoms with Gasteiger partial charge in [-0.05, 0) is 46.2 Å². The Hall–Kier alpha value is -0.870. The summed E-state index contributed by atoms with van der Waals surface area (Å²) in [7, 11) is 1.68. The minimum Gasteiger partial charge on any atom is -0.359 e. The van der Waals surface area contributed by atoms with Gasteiger partial charge in [0.15, 0.2) is 0 Å². The maximum absolute atomic E-state index is 11.7. The van der Waals surface area contributed by atoms with Gasteiger partial charge in [0.1, 0.15) is 0 Å². The second-order valence-corrected chi connectivity index (χ2v) is 6.89. The molecule has 1 unspecified atom stereocenters. The Morgan fingerprint density at radius 2 is 2.06 bits per heavy atom. The van der Waals surface area contributed by atoms with Crippen LogP contribution in [0.3, 0.4) is 0 Å². The van der Waals surface area contributed by atoms with Gasteiger partial charge in [-0.25, -0.2) is 0 Å². The zero-order chi connectivity index (χ0) is 13.9. The molecule has 0 saturated carbocycles. The molecule has 3 nitrogen and oxygen atoms in total. The third-order valence-electron chi connectivity index (χ3n) is 3.24. The van der Waals surface area contributed by atoms with Crippen molar-refractivity contribution in [1.29, 1.82) is 0 Å². The van der Waals surface area contributed by atoms with E-state index in [9.17, 15) is 4.79 Å². The van der Waals surface area contributed by atoms with Gasteiger partial charge in [0.05, 0.1) is 5.41 Å². The van der Waals surface area contributed by atoms with Crippen molar-refractivity contribution in [3.05, 3.63) is 21.4 Å². The van der Waals surface area contributed by atoms with Crippen molar-refractivity contribution in [2.24, 2.45) is 5.41 Å². The van der Waals surface area contributed by atoms with Gasteiger partial charge in [0, 0.05) is 29.4 Å². The summed E-state index contributed by atoms with van der Waals surface area (Å²) in [6.45, 7) is 11.0. The van der Waals surface area contributed by atoms with Crippen LogP contribution in [0.15, 0.2) is 6.07 Å². The van der Waals surface area contributed by atoms with Crippen molar-refractivity contribution < 1.29 is 4.79 Å². The Balaban J connectivity index is 2.64. The van der Waals surface area contributed by atoms with Crippen LogP contribution in [0.1, 0.15) is 42.1 Å². The van der Waals surface area contributed by atoms with Crippen molar-refractivity contribution in [3.8, 4) is 0 Å². The van der Waals surface area contributed by atoms with Crippen molar-refractivity contribution >= 4 is 17.2 Å². The lowest BCUT2D eigenvalue weighted by atomic mass is 9.91. The predicted octanol–water partition coefficient (Wildman–Crippen LogP) is 2.79. The molecule has 0 saturated heterocycles. The van der Waals surface area contributed by atoms with E-state index in [2.05, 4.69) is 37.5 Å². The molecule has 4 heteroatoms. The number of carbonyl (C=O) groups excluding carboxylic acids is 1. The van der Waals surface area contributed by atoms with Crippen LogP contribution < -0.4 is 10.6 Å². The van der Waals surface area contributed by atoms with Crippen molar-refractivity contribution in [3.63, 3.8) is 0 Å². The van der Waals surface area contributed by atoms with Crippen molar-refractivity contribution in [2.75, 3.05) is 13.6 Å². The molecule has 1 aromatic rings. The molecular weight excluding hydrogens is 244 g/mol. The van der Waals surface area contributed by atoms with Gasteiger partial charge in [-0.1, -0.05) is 0 Å². The van der Waals surface area contributed by atoms with Crippen LogP contribution in [0.5, 0.6) is 0 Å². The number of nitrogens with one attached hydrogen (secondary N) is 2. The summed E-state index contributed by atoms with van der Waals surface area (Å²) >= 11 is 1.82. The largest absolute Gasteiger partial charge is 0.359 e. The highest BCUT2D eigenvalue weighted by Gasteiger charge is 2.27. The maximum Gasteiger partial charge on any atom is 0.226 e. The van der Waals surface area contributed by atoms with Gasteiger partial charge in [0.2, 0.25) is 5.91 Å². The molecule has 0 bridgehead atoms. The van der Waals surface area contributed by atoms with Crippen molar-refractivity contribution in [1.82, 2.24) is 10.6 Å². The Labute approximate surface area is 114 Å². The lowest BCUT2D eigenvalue weighted by Crippen LogP contribution is -2.42. The first kappa shape index (κ1) is 15.2. The van der Waals surface area contributed by atoms with Crippen LogP contribution in [-0.2, 0) is 4.79 Å². The maximum atomic E-state index is 11.7. The van der Waals surface area contributed by atoms with Crippen LogP contribution in [0.4, 0.5) is 0 Å². The molecule has 102 valence electrons. The van der Waals surface area contributed by atoms with Crippen LogP contribution in [0.25, 0.3) is 0 Å². The molecule has 18 heavy (non-hydrogen) atoms. The summed E-state index contributed by atoms with van der Waals surface area (Å²) in [4.78, 5) is 14.4. The number of hydrogen-bond donors (Lipinski definition) is 2. The molecule has 0 aliphatic rings. The highest BCUT2D eigenvalue weighted by atomic mass is 32.1. The number of aryl methyl sites for hydroxylation is 2. The number of thiophene rings is 1. The normalized spacial score (nSPS) is 13.4. The summed E-state index contributed by atoms with van der Waals surface area (Å²) in [6.07, 6.45) is 0. The Kier molecular flexibility index (Phi) is 4.93. The first-order valence-electron chi connectivity index (χ1n) is 6.30. The van der Waals surface area contributed by atoms with Crippen LogP contribution in [0.2, 0.25) is 0 Å². The minimum atomic E-state index is -0.387. The first-order chi connectivity index (χ1) is 8.27. The Bertz CT molecular complexity index is 423. The number of carbonyl (C=O) groups is 1. The van der Waals surface area contributed by atoms with E-state index in [1.165, 1.54) is 15.3 Å². The number of rotatable bonds is 5. The second kappa shape index (κ2) is 5.85. The highest BCUT2D eigenvalue weighted by molar-refractivity contribution is 7.12. The van der Waals surface area contributed by atoms with Gasteiger partial charge in [-0.2, -0.15) is 0 Å². The summed E-state index contributed by atoms with van der Waals surface area (Å²) in [5.74, 6) is 0.0698. The molecule has 1 atom stereocenters. The molecule has 0 aliphatic carbocycles. The fourth-order valence-corrected chi connectivity index (χ4v) is 3.04. The van der Waals surface area contributed by atoms with E-state index in [1.807, 2.05) is 25.2 Å². The van der Waals surface area contributed by atoms with E-state index in [4.69, 9.17) is 0 Å². The lowest BCUT2D eigenvalue weighted by Gasteiger charge is -2.25. The first-order valence-corrected chi connectivity index (χ1v) is 7.12. The minimum absolute atomic E-state index is 0.0698. The quantitative estimate of drug-likeness (QED) is 0.862. The van der Waals surface area contributed by atoms with Gasteiger partial charge >= 0.3 is 0 Å².